The van der Waals surface area contributed by atoms with Crippen molar-refractivity contribution in [1.29, 1.82) is 0 Å². The molecule has 0 unspecified atom stereocenters. The number of aromatic nitrogens is 1. The van der Waals surface area contributed by atoms with Gasteiger partial charge < -0.3 is 11.1 Å². The Morgan fingerprint density at radius 1 is 1.20 bits per heavy atom. The molecule has 0 aliphatic rings. The summed E-state index contributed by atoms with van der Waals surface area (Å²) in [4.78, 5) is 4.84. The summed E-state index contributed by atoms with van der Waals surface area (Å²) >= 11 is 5.13. The van der Waals surface area contributed by atoms with Crippen LogP contribution in [0.1, 0.15) is 62.4 Å². The molecule has 20 heavy (non-hydrogen) atoms. The van der Waals surface area contributed by atoms with Crippen LogP contribution < -0.4 is 11.1 Å². The van der Waals surface area contributed by atoms with Gasteiger partial charge in [-0.05, 0) is 26.3 Å². The molecule has 0 aromatic carbocycles. The minimum Gasteiger partial charge on any atom is -0.389 e. The van der Waals surface area contributed by atoms with E-state index in [2.05, 4.69) is 17.2 Å². The fraction of sp³-hybridized carbons (Fsp3) is 0.625. The molecule has 0 saturated carbocycles. The smallest absolute Gasteiger partial charge is 0.107 e. The number of rotatable bonds is 9. The second-order valence-electron chi connectivity index (χ2n) is 5.33. The number of hydrogen-bond donors (Lipinski definition) is 2. The number of nitrogens with two attached hydrogens (primary N) is 1. The van der Waals surface area contributed by atoms with Crippen LogP contribution in [0.25, 0.3) is 0 Å². The summed E-state index contributed by atoms with van der Waals surface area (Å²) in [6.45, 7) is 7.15. The van der Waals surface area contributed by atoms with E-state index in [1.165, 1.54) is 38.5 Å². The van der Waals surface area contributed by atoms with E-state index in [4.69, 9.17) is 18.0 Å². The number of pyridine rings is 1. The molecule has 0 bridgehead atoms. The molecule has 1 heterocycles. The average Bonchev–Trinajstić information content (AvgIpc) is 2.36. The van der Waals surface area contributed by atoms with Gasteiger partial charge in [-0.25, -0.2) is 0 Å². The highest BCUT2D eigenvalue weighted by atomic mass is 32.1. The molecule has 0 aliphatic heterocycles. The van der Waals surface area contributed by atoms with Crippen molar-refractivity contribution in [3.63, 3.8) is 0 Å². The molecule has 0 radical (unpaired) electrons. The molecule has 1 rings (SSSR count). The maximum Gasteiger partial charge on any atom is 0.107 e. The molecule has 3 N–H and O–H groups in total. The first-order chi connectivity index (χ1) is 9.56. The summed E-state index contributed by atoms with van der Waals surface area (Å²) in [6.07, 6.45) is 7.78. The van der Waals surface area contributed by atoms with Crippen molar-refractivity contribution in [1.82, 2.24) is 4.98 Å². The first kappa shape index (κ1) is 16.9. The summed E-state index contributed by atoms with van der Waals surface area (Å²) in [5.74, 6) is 0. The van der Waals surface area contributed by atoms with E-state index in [1.807, 2.05) is 19.9 Å². The summed E-state index contributed by atoms with van der Waals surface area (Å²) < 4.78 is 0. The number of nitrogens with zero attached hydrogens (tertiary/aromatic N) is 1. The Hall–Kier alpha value is -1.16. The van der Waals surface area contributed by atoms with E-state index in [-0.39, 0.29) is 0 Å². The zero-order valence-corrected chi connectivity index (χ0v) is 13.8. The summed E-state index contributed by atoms with van der Waals surface area (Å²) in [7, 11) is 0. The molecule has 0 aliphatic carbocycles. The molecule has 0 atom stereocenters. The van der Waals surface area contributed by atoms with E-state index in [9.17, 15) is 0 Å². The van der Waals surface area contributed by atoms with Gasteiger partial charge in [0.1, 0.15) is 4.99 Å². The van der Waals surface area contributed by atoms with Crippen molar-refractivity contribution >= 4 is 22.9 Å². The van der Waals surface area contributed by atoms with Crippen LogP contribution in [-0.4, -0.2) is 16.5 Å². The third-order valence-corrected chi connectivity index (χ3v) is 3.62. The fourth-order valence-corrected chi connectivity index (χ4v) is 2.67. The second kappa shape index (κ2) is 8.90. The molecule has 1 aromatic heterocycles. The zero-order valence-electron chi connectivity index (χ0n) is 13.0. The van der Waals surface area contributed by atoms with Gasteiger partial charge in [0.25, 0.3) is 0 Å². The van der Waals surface area contributed by atoms with Gasteiger partial charge in [-0.3, -0.25) is 4.98 Å². The molecular weight excluding hydrogens is 266 g/mol. The highest BCUT2D eigenvalue weighted by Crippen LogP contribution is 2.20. The molecule has 0 saturated heterocycles. The Morgan fingerprint density at radius 3 is 2.50 bits per heavy atom. The van der Waals surface area contributed by atoms with Crippen molar-refractivity contribution in [2.75, 3.05) is 11.9 Å². The molecule has 0 amide bonds. The lowest BCUT2D eigenvalue weighted by molar-refractivity contribution is 0.617. The van der Waals surface area contributed by atoms with Crippen molar-refractivity contribution in [3.05, 3.63) is 23.0 Å². The number of unbranched alkanes of at least 4 members (excludes halogenated alkanes) is 5. The average molecular weight is 293 g/mol. The Bertz CT molecular complexity index is 444. The van der Waals surface area contributed by atoms with E-state index < -0.39 is 0 Å². The topological polar surface area (TPSA) is 50.9 Å². The predicted octanol–water partition coefficient (Wildman–Crippen LogP) is 4.11. The molecule has 3 nitrogen and oxygen atoms in total. The lowest BCUT2D eigenvalue weighted by atomic mass is 10.1. The van der Waals surface area contributed by atoms with Crippen LogP contribution in [0.3, 0.4) is 0 Å². The van der Waals surface area contributed by atoms with Gasteiger partial charge in [-0.2, -0.15) is 0 Å². The fourth-order valence-electron chi connectivity index (χ4n) is 2.41. The Balaban J connectivity index is 2.49. The highest BCUT2D eigenvalue weighted by molar-refractivity contribution is 7.80. The zero-order chi connectivity index (χ0) is 15.0. The van der Waals surface area contributed by atoms with Crippen LogP contribution in [-0.2, 0) is 0 Å². The monoisotopic (exact) mass is 293 g/mol. The second-order valence-corrected chi connectivity index (χ2v) is 5.77. The summed E-state index contributed by atoms with van der Waals surface area (Å²) in [5.41, 5.74) is 9.61. The Kier molecular flexibility index (Phi) is 7.52. The first-order valence-electron chi connectivity index (χ1n) is 7.58. The van der Waals surface area contributed by atoms with E-state index >= 15 is 0 Å². The largest absolute Gasteiger partial charge is 0.389 e. The van der Waals surface area contributed by atoms with Crippen molar-refractivity contribution < 1.29 is 0 Å². The van der Waals surface area contributed by atoms with Gasteiger partial charge >= 0.3 is 0 Å². The quantitative estimate of drug-likeness (QED) is 0.531. The minimum atomic E-state index is 0.417. The van der Waals surface area contributed by atoms with Crippen LogP contribution in [0.5, 0.6) is 0 Å². The predicted molar refractivity (Wildman–Crippen MR) is 91.5 cm³/mol. The molecule has 1 aromatic rings. The third-order valence-electron chi connectivity index (χ3n) is 3.42. The molecule has 0 fully saturated rings. The first-order valence-corrected chi connectivity index (χ1v) is 7.99. The van der Waals surface area contributed by atoms with Gasteiger partial charge in [-0.15, -0.1) is 0 Å². The molecular formula is C16H27N3S. The summed E-state index contributed by atoms with van der Waals surface area (Å²) in [6, 6.07) is 2.03. The summed E-state index contributed by atoms with van der Waals surface area (Å²) in [5, 5.41) is 3.46. The van der Waals surface area contributed by atoms with Crippen LogP contribution in [0.2, 0.25) is 0 Å². The normalized spacial score (nSPS) is 10.6. The van der Waals surface area contributed by atoms with Crippen LogP contribution in [0, 0.1) is 13.8 Å². The molecule has 0 spiro atoms. The van der Waals surface area contributed by atoms with Gasteiger partial charge in [0.05, 0.1) is 5.56 Å². The van der Waals surface area contributed by atoms with E-state index in [0.717, 1.165) is 29.2 Å². The van der Waals surface area contributed by atoms with Crippen LogP contribution in [0.15, 0.2) is 6.07 Å². The Morgan fingerprint density at radius 2 is 1.85 bits per heavy atom. The van der Waals surface area contributed by atoms with E-state index in [1.54, 1.807) is 0 Å². The van der Waals surface area contributed by atoms with Crippen LogP contribution in [0.4, 0.5) is 5.69 Å². The number of thiocarbonyl (C=S) groups is 1. The lowest BCUT2D eigenvalue weighted by Gasteiger charge is -2.14. The highest BCUT2D eigenvalue weighted by Gasteiger charge is 2.10. The number of aryl methyl sites for hydroxylation is 2. The van der Waals surface area contributed by atoms with Crippen molar-refractivity contribution in [2.45, 2.75) is 59.3 Å². The van der Waals surface area contributed by atoms with Gasteiger partial charge in [0.15, 0.2) is 0 Å². The number of hydrogen-bond acceptors (Lipinski definition) is 3. The molecule has 112 valence electrons. The maximum absolute atomic E-state index is 5.80. The van der Waals surface area contributed by atoms with Gasteiger partial charge in [0, 0.05) is 23.6 Å². The number of nitrogens with one attached hydrogen (secondary N) is 1. The number of anilines is 1. The van der Waals surface area contributed by atoms with Crippen LogP contribution >= 0.6 is 12.2 Å². The Labute approximate surface area is 128 Å². The third kappa shape index (κ3) is 5.45. The SMILES string of the molecule is CCCCCCCCNc1cc(C)nc(C)c1C(N)=S. The van der Waals surface area contributed by atoms with E-state index in [0.29, 0.717) is 4.99 Å². The van der Waals surface area contributed by atoms with Gasteiger partial charge in [-0.1, -0.05) is 51.2 Å². The van der Waals surface area contributed by atoms with Gasteiger partial charge in [0.2, 0.25) is 0 Å². The van der Waals surface area contributed by atoms with Crippen molar-refractivity contribution in [3.8, 4) is 0 Å². The standard InChI is InChI=1S/C16H27N3S/c1-4-5-6-7-8-9-10-18-14-11-12(2)19-13(3)15(14)16(17)20/h11H,4-10H2,1-3H3,(H2,17,20)(H,18,19). The minimum absolute atomic E-state index is 0.417. The maximum atomic E-state index is 5.80. The lowest BCUT2D eigenvalue weighted by Crippen LogP contribution is -2.17. The van der Waals surface area contributed by atoms with Crippen molar-refractivity contribution in [2.24, 2.45) is 5.73 Å². The molecule has 4 heteroatoms.